The first-order valence-electron chi connectivity index (χ1n) is 7.62. The lowest BCUT2D eigenvalue weighted by Gasteiger charge is -2.20. The number of ether oxygens (including phenoxy) is 1. The summed E-state index contributed by atoms with van der Waals surface area (Å²) in [6.07, 6.45) is 2.43. The summed E-state index contributed by atoms with van der Waals surface area (Å²) in [5.74, 6) is 0.833. The molecule has 1 aromatic carbocycles. The topological polar surface area (TPSA) is 53.6 Å². The monoisotopic (exact) mass is 291 g/mol. The number of benzene rings is 1. The predicted molar refractivity (Wildman–Crippen MR) is 84.8 cm³/mol. The maximum absolute atomic E-state index is 12.0. The molecule has 5 heteroatoms. The summed E-state index contributed by atoms with van der Waals surface area (Å²) in [5.41, 5.74) is 0.802. The van der Waals surface area contributed by atoms with Crippen molar-refractivity contribution in [2.45, 2.75) is 25.8 Å². The molecular formula is C16H25N3O2. The van der Waals surface area contributed by atoms with Crippen LogP contribution in [0.2, 0.25) is 0 Å². The Labute approximate surface area is 126 Å². The summed E-state index contributed by atoms with van der Waals surface area (Å²) in [7, 11) is 1.98. The quantitative estimate of drug-likeness (QED) is 0.803. The molecule has 1 aliphatic rings. The average molecular weight is 291 g/mol. The van der Waals surface area contributed by atoms with Crippen molar-refractivity contribution >= 4 is 11.6 Å². The van der Waals surface area contributed by atoms with Gasteiger partial charge in [0.2, 0.25) is 5.91 Å². The number of anilines is 1. The van der Waals surface area contributed by atoms with Gasteiger partial charge in [-0.2, -0.15) is 0 Å². The molecule has 2 rings (SSSR count). The third-order valence-electron chi connectivity index (χ3n) is 3.56. The van der Waals surface area contributed by atoms with Gasteiger partial charge in [0.05, 0.1) is 13.2 Å². The lowest BCUT2D eigenvalue weighted by Crippen LogP contribution is -2.39. The zero-order chi connectivity index (χ0) is 15.1. The lowest BCUT2D eigenvalue weighted by atomic mass is 10.2. The van der Waals surface area contributed by atoms with Gasteiger partial charge in [-0.15, -0.1) is 0 Å². The minimum absolute atomic E-state index is 0.0136. The third kappa shape index (κ3) is 5.36. The minimum atomic E-state index is 0.0136. The van der Waals surface area contributed by atoms with E-state index in [1.807, 2.05) is 38.2 Å². The fourth-order valence-electron chi connectivity index (χ4n) is 2.60. The number of nitrogens with zero attached hydrogens (tertiary/aromatic N) is 1. The molecule has 5 nitrogen and oxygen atoms in total. The summed E-state index contributed by atoms with van der Waals surface area (Å²) in [6.45, 7) is 5.01. The van der Waals surface area contributed by atoms with Crippen LogP contribution in [-0.2, 0) is 4.79 Å². The highest BCUT2D eigenvalue weighted by atomic mass is 16.5. The lowest BCUT2D eigenvalue weighted by molar-refractivity contribution is -0.117. The molecule has 0 aliphatic carbocycles. The fourth-order valence-corrected chi connectivity index (χ4v) is 2.60. The van der Waals surface area contributed by atoms with Crippen LogP contribution in [0.3, 0.4) is 0 Å². The molecule has 21 heavy (non-hydrogen) atoms. The average Bonchev–Trinajstić information content (AvgIpc) is 2.93. The first kappa shape index (κ1) is 15.8. The Morgan fingerprint density at radius 3 is 2.81 bits per heavy atom. The van der Waals surface area contributed by atoms with E-state index in [1.54, 1.807) is 0 Å². The second-order valence-electron chi connectivity index (χ2n) is 5.50. The van der Waals surface area contributed by atoms with Gasteiger partial charge in [-0.05, 0) is 57.6 Å². The molecule has 0 saturated carbocycles. The number of amides is 1. The summed E-state index contributed by atoms with van der Waals surface area (Å²) in [6, 6.07) is 7.98. The Bertz CT molecular complexity index is 441. The van der Waals surface area contributed by atoms with Gasteiger partial charge in [0, 0.05) is 18.3 Å². The summed E-state index contributed by atoms with van der Waals surface area (Å²) in [4.78, 5) is 14.1. The van der Waals surface area contributed by atoms with Crippen LogP contribution < -0.4 is 15.4 Å². The van der Waals surface area contributed by atoms with Gasteiger partial charge in [-0.25, -0.2) is 0 Å². The molecule has 1 fully saturated rings. The van der Waals surface area contributed by atoms with Crippen LogP contribution in [0.4, 0.5) is 5.69 Å². The largest absolute Gasteiger partial charge is 0.494 e. The maximum Gasteiger partial charge on any atom is 0.238 e. The van der Waals surface area contributed by atoms with Crippen molar-refractivity contribution in [3.63, 3.8) is 0 Å². The molecule has 0 aromatic heterocycles. The van der Waals surface area contributed by atoms with Crippen molar-refractivity contribution in [1.82, 2.24) is 10.2 Å². The molecule has 1 heterocycles. The van der Waals surface area contributed by atoms with E-state index in [9.17, 15) is 4.79 Å². The van der Waals surface area contributed by atoms with Crippen molar-refractivity contribution in [2.24, 2.45) is 0 Å². The van der Waals surface area contributed by atoms with Crippen molar-refractivity contribution in [2.75, 3.05) is 38.6 Å². The smallest absolute Gasteiger partial charge is 0.238 e. The fraction of sp³-hybridized carbons (Fsp3) is 0.562. The molecule has 1 saturated heterocycles. The molecule has 1 amide bonds. The van der Waals surface area contributed by atoms with Crippen LogP contribution in [0, 0.1) is 0 Å². The Morgan fingerprint density at radius 1 is 1.43 bits per heavy atom. The Balaban J connectivity index is 1.75. The van der Waals surface area contributed by atoms with Crippen molar-refractivity contribution in [1.29, 1.82) is 0 Å². The van der Waals surface area contributed by atoms with Crippen molar-refractivity contribution < 1.29 is 9.53 Å². The molecule has 0 spiro atoms. The van der Waals surface area contributed by atoms with Crippen LogP contribution >= 0.6 is 0 Å². The standard InChI is InChI=1S/C16H25N3O2/c1-3-21-15-8-6-13(7-9-15)18-16(20)12-19(2)11-14-5-4-10-17-14/h6-9,14,17H,3-5,10-12H2,1-2H3,(H,18,20). The summed E-state index contributed by atoms with van der Waals surface area (Å²) in [5, 5.41) is 6.35. The van der Waals surface area contributed by atoms with Gasteiger partial charge >= 0.3 is 0 Å². The predicted octanol–water partition coefficient (Wildman–Crippen LogP) is 1.71. The highest BCUT2D eigenvalue weighted by Crippen LogP contribution is 2.15. The molecule has 0 bridgehead atoms. The van der Waals surface area contributed by atoms with Gasteiger partial charge in [-0.1, -0.05) is 0 Å². The third-order valence-corrected chi connectivity index (χ3v) is 3.56. The molecule has 1 aromatic rings. The first-order valence-corrected chi connectivity index (χ1v) is 7.62. The number of likely N-dealkylation sites (N-methyl/N-ethyl adjacent to an activating group) is 1. The summed E-state index contributed by atoms with van der Waals surface area (Å²) < 4.78 is 5.38. The van der Waals surface area contributed by atoms with E-state index in [1.165, 1.54) is 12.8 Å². The highest BCUT2D eigenvalue weighted by Gasteiger charge is 2.17. The molecule has 1 aliphatic heterocycles. The van der Waals surface area contributed by atoms with Crippen LogP contribution in [0.1, 0.15) is 19.8 Å². The van der Waals surface area contributed by atoms with Gasteiger partial charge in [-0.3, -0.25) is 9.69 Å². The van der Waals surface area contributed by atoms with Crippen LogP contribution in [0.25, 0.3) is 0 Å². The summed E-state index contributed by atoms with van der Waals surface area (Å²) >= 11 is 0. The van der Waals surface area contributed by atoms with E-state index < -0.39 is 0 Å². The Morgan fingerprint density at radius 2 is 2.19 bits per heavy atom. The van der Waals surface area contributed by atoms with Gasteiger partial charge < -0.3 is 15.4 Å². The Hall–Kier alpha value is -1.59. The molecule has 1 unspecified atom stereocenters. The van der Waals surface area contributed by atoms with E-state index >= 15 is 0 Å². The molecular weight excluding hydrogens is 266 g/mol. The first-order chi connectivity index (χ1) is 10.2. The number of rotatable bonds is 7. The number of carbonyl (C=O) groups excluding carboxylic acids is 1. The van der Waals surface area contributed by atoms with Gasteiger partial charge in [0.15, 0.2) is 0 Å². The van der Waals surface area contributed by atoms with Crippen LogP contribution in [0.5, 0.6) is 5.75 Å². The van der Waals surface area contributed by atoms with E-state index in [-0.39, 0.29) is 5.91 Å². The molecule has 0 radical (unpaired) electrons. The van der Waals surface area contributed by atoms with Crippen LogP contribution in [-0.4, -0.2) is 50.1 Å². The second-order valence-corrected chi connectivity index (χ2v) is 5.50. The van der Waals surface area contributed by atoms with E-state index in [2.05, 4.69) is 15.5 Å². The van der Waals surface area contributed by atoms with E-state index in [4.69, 9.17) is 4.74 Å². The second kappa shape index (κ2) is 8.00. The van der Waals surface area contributed by atoms with Crippen molar-refractivity contribution in [3.05, 3.63) is 24.3 Å². The van der Waals surface area contributed by atoms with E-state index in [0.717, 1.165) is 24.5 Å². The van der Waals surface area contributed by atoms with Crippen LogP contribution in [0.15, 0.2) is 24.3 Å². The normalized spacial score (nSPS) is 18.0. The number of hydrogen-bond acceptors (Lipinski definition) is 4. The SMILES string of the molecule is CCOc1ccc(NC(=O)CN(C)CC2CCCN2)cc1. The number of nitrogens with one attached hydrogen (secondary N) is 2. The van der Waals surface area contributed by atoms with Crippen molar-refractivity contribution in [3.8, 4) is 5.75 Å². The van der Waals surface area contributed by atoms with Gasteiger partial charge in [0.25, 0.3) is 0 Å². The maximum atomic E-state index is 12.0. The van der Waals surface area contributed by atoms with Gasteiger partial charge in [0.1, 0.15) is 5.75 Å². The zero-order valence-electron chi connectivity index (χ0n) is 12.9. The molecule has 116 valence electrons. The van der Waals surface area contributed by atoms with E-state index in [0.29, 0.717) is 19.2 Å². The molecule has 2 N–H and O–H groups in total. The number of hydrogen-bond donors (Lipinski definition) is 2. The highest BCUT2D eigenvalue weighted by molar-refractivity contribution is 5.92. The minimum Gasteiger partial charge on any atom is -0.494 e. The molecule has 1 atom stereocenters. The zero-order valence-corrected chi connectivity index (χ0v) is 12.9. The number of carbonyl (C=O) groups is 1. The Kier molecular flexibility index (Phi) is 6.02.